The summed E-state index contributed by atoms with van der Waals surface area (Å²) in [4.78, 5) is 25.6. The molecule has 3 N–H and O–H groups in total. The Morgan fingerprint density at radius 2 is 1.38 bits per heavy atom. The second kappa shape index (κ2) is 8.43. The molecule has 3 aromatic rings. The normalized spacial score (nSPS) is 18.4. The quantitative estimate of drug-likeness (QED) is 0.424. The standard InChI is InChI=1S/C25H21N3O3S/c29-23(19-14-18(19)15-8-2-1-3-9-15)27-28-25(32)26-24(30)22-16-10-4-6-12-20(16)31-21-13-7-5-11-17(21)22/h1-13,18-19,22H,14H2,(H,27,29)(H2,26,28,30,32). The summed E-state index contributed by atoms with van der Waals surface area (Å²) in [5, 5.41) is 2.74. The van der Waals surface area contributed by atoms with Gasteiger partial charge in [0.05, 0.1) is 5.92 Å². The lowest BCUT2D eigenvalue weighted by Gasteiger charge is -2.27. The highest BCUT2D eigenvalue weighted by Gasteiger charge is 2.44. The van der Waals surface area contributed by atoms with Gasteiger partial charge >= 0.3 is 0 Å². The number of carbonyl (C=O) groups excluding carboxylic acids is 2. The number of benzene rings is 3. The largest absolute Gasteiger partial charge is 0.457 e. The van der Waals surface area contributed by atoms with E-state index in [9.17, 15) is 9.59 Å². The number of nitrogens with one attached hydrogen (secondary N) is 3. The van der Waals surface area contributed by atoms with Crippen molar-refractivity contribution in [1.29, 1.82) is 0 Å². The molecule has 1 fully saturated rings. The molecule has 0 spiro atoms. The lowest BCUT2D eigenvalue weighted by Crippen LogP contribution is -2.50. The molecule has 0 bridgehead atoms. The van der Waals surface area contributed by atoms with Crippen molar-refractivity contribution in [2.75, 3.05) is 0 Å². The molecule has 1 saturated carbocycles. The topological polar surface area (TPSA) is 79.5 Å². The van der Waals surface area contributed by atoms with Gasteiger partial charge in [0, 0.05) is 17.0 Å². The van der Waals surface area contributed by atoms with Crippen LogP contribution in [0.5, 0.6) is 11.5 Å². The first-order valence-electron chi connectivity index (χ1n) is 10.4. The van der Waals surface area contributed by atoms with E-state index in [1.54, 1.807) is 0 Å². The Labute approximate surface area is 191 Å². The molecule has 2 amide bonds. The van der Waals surface area contributed by atoms with Crippen LogP contribution < -0.4 is 20.9 Å². The van der Waals surface area contributed by atoms with Gasteiger partial charge in [-0.2, -0.15) is 0 Å². The summed E-state index contributed by atoms with van der Waals surface area (Å²) >= 11 is 5.26. The SMILES string of the molecule is O=C(NC(=S)NNC(=O)C1CC1c1ccccc1)C1c2ccccc2Oc2ccccc21. The van der Waals surface area contributed by atoms with Crippen LogP contribution >= 0.6 is 12.2 Å². The van der Waals surface area contributed by atoms with E-state index in [0.717, 1.165) is 23.1 Å². The average Bonchev–Trinajstić information content (AvgIpc) is 3.62. The van der Waals surface area contributed by atoms with Crippen LogP contribution in [0.2, 0.25) is 0 Å². The van der Waals surface area contributed by atoms with Gasteiger partial charge in [-0.1, -0.05) is 66.7 Å². The second-order valence-corrected chi connectivity index (χ2v) is 8.31. The molecule has 1 aliphatic carbocycles. The maximum absolute atomic E-state index is 13.2. The first-order chi connectivity index (χ1) is 15.6. The lowest BCUT2D eigenvalue weighted by molar-refractivity contribution is -0.123. The molecule has 0 saturated heterocycles. The van der Waals surface area contributed by atoms with Crippen molar-refractivity contribution in [2.45, 2.75) is 18.3 Å². The molecule has 160 valence electrons. The molecule has 6 nitrogen and oxygen atoms in total. The smallest absolute Gasteiger partial charge is 0.242 e. The zero-order valence-electron chi connectivity index (χ0n) is 17.1. The molecular weight excluding hydrogens is 422 g/mol. The fourth-order valence-electron chi connectivity index (χ4n) is 4.17. The maximum Gasteiger partial charge on any atom is 0.242 e. The molecule has 0 radical (unpaired) electrons. The number of fused-ring (bicyclic) bond motifs is 2. The number of carbonyl (C=O) groups is 2. The predicted molar refractivity (Wildman–Crippen MR) is 124 cm³/mol. The van der Waals surface area contributed by atoms with Crippen molar-refractivity contribution in [2.24, 2.45) is 5.92 Å². The third-order valence-electron chi connectivity index (χ3n) is 5.83. The Kier molecular flexibility index (Phi) is 5.33. The van der Waals surface area contributed by atoms with Gasteiger partial charge in [-0.15, -0.1) is 0 Å². The van der Waals surface area contributed by atoms with Crippen molar-refractivity contribution >= 4 is 29.1 Å². The van der Waals surface area contributed by atoms with Gasteiger partial charge in [0.25, 0.3) is 0 Å². The molecule has 3 aromatic carbocycles. The van der Waals surface area contributed by atoms with Crippen LogP contribution in [0.25, 0.3) is 0 Å². The van der Waals surface area contributed by atoms with Crippen LogP contribution in [0.3, 0.4) is 0 Å². The average molecular weight is 444 g/mol. The number of hydrogen-bond acceptors (Lipinski definition) is 4. The van der Waals surface area contributed by atoms with Gasteiger partial charge in [-0.3, -0.25) is 20.4 Å². The Morgan fingerprint density at radius 3 is 2.03 bits per heavy atom. The van der Waals surface area contributed by atoms with E-state index < -0.39 is 5.92 Å². The summed E-state index contributed by atoms with van der Waals surface area (Å²) in [5.74, 6) is 0.385. The first kappa shape index (κ1) is 20.2. The monoisotopic (exact) mass is 443 g/mol. The van der Waals surface area contributed by atoms with Crippen molar-refractivity contribution in [3.8, 4) is 11.5 Å². The Bertz CT molecular complexity index is 1150. The summed E-state index contributed by atoms with van der Waals surface area (Å²) in [7, 11) is 0. The van der Waals surface area contributed by atoms with Crippen LogP contribution in [-0.4, -0.2) is 16.9 Å². The lowest BCUT2D eigenvalue weighted by atomic mass is 9.87. The van der Waals surface area contributed by atoms with Crippen molar-refractivity contribution < 1.29 is 14.3 Å². The summed E-state index contributed by atoms with van der Waals surface area (Å²) < 4.78 is 5.94. The van der Waals surface area contributed by atoms with Gasteiger partial charge in [0.1, 0.15) is 11.5 Å². The minimum Gasteiger partial charge on any atom is -0.457 e. The van der Waals surface area contributed by atoms with E-state index in [-0.39, 0.29) is 28.8 Å². The second-order valence-electron chi connectivity index (χ2n) is 7.90. The first-order valence-corrected chi connectivity index (χ1v) is 10.8. The fraction of sp³-hybridized carbons (Fsp3) is 0.160. The third kappa shape index (κ3) is 3.94. The highest BCUT2D eigenvalue weighted by Crippen LogP contribution is 2.47. The zero-order chi connectivity index (χ0) is 22.1. The number of rotatable bonds is 3. The van der Waals surface area contributed by atoms with Gasteiger partial charge in [0.2, 0.25) is 11.8 Å². The van der Waals surface area contributed by atoms with E-state index >= 15 is 0 Å². The molecule has 2 aliphatic rings. The number of amides is 2. The number of ether oxygens (including phenoxy) is 1. The van der Waals surface area contributed by atoms with Crippen molar-refractivity contribution in [1.82, 2.24) is 16.2 Å². The van der Waals surface area contributed by atoms with E-state index in [2.05, 4.69) is 16.2 Å². The van der Waals surface area contributed by atoms with Crippen molar-refractivity contribution in [3.05, 3.63) is 95.6 Å². The zero-order valence-corrected chi connectivity index (χ0v) is 17.9. The summed E-state index contributed by atoms with van der Waals surface area (Å²) in [6, 6.07) is 24.8. The molecule has 0 aromatic heterocycles. The fourth-order valence-corrected chi connectivity index (χ4v) is 4.32. The van der Waals surface area contributed by atoms with Crippen LogP contribution in [0.1, 0.15) is 34.9 Å². The highest BCUT2D eigenvalue weighted by atomic mass is 32.1. The number of para-hydroxylation sites is 2. The Hall–Kier alpha value is -3.71. The van der Waals surface area contributed by atoms with Gasteiger partial charge in [-0.05, 0) is 42.3 Å². The Balaban J connectivity index is 1.21. The molecule has 2 unspecified atom stereocenters. The van der Waals surface area contributed by atoms with Gasteiger partial charge in [0.15, 0.2) is 5.11 Å². The number of hydrazine groups is 1. The van der Waals surface area contributed by atoms with Crippen LogP contribution in [0.4, 0.5) is 0 Å². The molecule has 5 rings (SSSR count). The van der Waals surface area contributed by atoms with Crippen LogP contribution in [0.15, 0.2) is 78.9 Å². The molecule has 2 atom stereocenters. The minimum absolute atomic E-state index is 0.0433. The van der Waals surface area contributed by atoms with Crippen LogP contribution in [0, 0.1) is 5.92 Å². The van der Waals surface area contributed by atoms with E-state index in [1.165, 1.54) is 0 Å². The minimum atomic E-state index is -0.572. The van der Waals surface area contributed by atoms with Crippen molar-refractivity contribution in [3.63, 3.8) is 0 Å². The summed E-state index contributed by atoms with van der Waals surface area (Å²) in [6.07, 6.45) is 0.798. The summed E-state index contributed by atoms with van der Waals surface area (Å²) in [6.45, 7) is 0. The molecule has 1 heterocycles. The number of hydrogen-bond donors (Lipinski definition) is 3. The molecule has 32 heavy (non-hydrogen) atoms. The predicted octanol–water partition coefficient (Wildman–Crippen LogP) is 3.75. The highest BCUT2D eigenvalue weighted by molar-refractivity contribution is 7.80. The number of thiocarbonyl (C=S) groups is 1. The van der Waals surface area contributed by atoms with Crippen LogP contribution in [-0.2, 0) is 9.59 Å². The Morgan fingerprint density at radius 1 is 0.781 bits per heavy atom. The van der Waals surface area contributed by atoms with E-state index in [4.69, 9.17) is 17.0 Å². The maximum atomic E-state index is 13.2. The van der Waals surface area contributed by atoms with Gasteiger partial charge < -0.3 is 10.1 Å². The van der Waals surface area contributed by atoms with E-state index in [0.29, 0.717) is 11.5 Å². The molecular formula is C25H21N3O3S. The summed E-state index contributed by atoms with van der Waals surface area (Å²) in [5.41, 5.74) is 7.96. The van der Waals surface area contributed by atoms with Gasteiger partial charge in [-0.25, -0.2) is 0 Å². The molecule has 1 aliphatic heterocycles. The molecule has 7 heteroatoms. The van der Waals surface area contributed by atoms with E-state index in [1.807, 2.05) is 78.9 Å². The third-order valence-corrected chi connectivity index (χ3v) is 6.04.